The van der Waals surface area contributed by atoms with E-state index in [4.69, 9.17) is 9.47 Å². The molecule has 0 unspecified atom stereocenters. The normalized spacial score (nSPS) is 14.6. The summed E-state index contributed by atoms with van der Waals surface area (Å²) < 4.78 is 10.6. The lowest BCUT2D eigenvalue weighted by Crippen LogP contribution is -2.29. The summed E-state index contributed by atoms with van der Waals surface area (Å²) in [5, 5.41) is 2.98. The van der Waals surface area contributed by atoms with Crippen LogP contribution in [0.4, 0.5) is 5.69 Å². The maximum absolute atomic E-state index is 12.1. The van der Waals surface area contributed by atoms with Gasteiger partial charge in [0, 0.05) is 31.7 Å². The predicted octanol–water partition coefficient (Wildman–Crippen LogP) is 2.48. The smallest absolute Gasteiger partial charge is 0.231 e. The molecule has 0 aromatic heterocycles. The van der Waals surface area contributed by atoms with E-state index in [1.54, 1.807) is 0 Å². The number of amides is 1. The molecule has 5 nitrogen and oxygen atoms in total. The number of benzene rings is 2. The molecule has 2 aliphatic heterocycles. The van der Waals surface area contributed by atoms with Crippen molar-refractivity contribution in [3.05, 3.63) is 53.6 Å². The summed E-state index contributed by atoms with van der Waals surface area (Å²) in [4.78, 5) is 14.4. The van der Waals surface area contributed by atoms with E-state index in [-0.39, 0.29) is 12.7 Å². The van der Waals surface area contributed by atoms with Crippen LogP contribution in [0.25, 0.3) is 0 Å². The molecule has 4 rings (SSSR count). The molecule has 0 spiro atoms. The molecule has 0 saturated heterocycles. The van der Waals surface area contributed by atoms with E-state index >= 15 is 0 Å². The van der Waals surface area contributed by atoms with Crippen molar-refractivity contribution in [2.75, 3.05) is 24.8 Å². The van der Waals surface area contributed by atoms with Crippen LogP contribution >= 0.6 is 0 Å². The molecule has 0 bridgehead atoms. The van der Waals surface area contributed by atoms with Crippen LogP contribution in [-0.4, -0.2) is 25.8 Å². The zero-order valence-electron chi connectivity index (χ0n) is 13.5. The van der Waals surface area contributed by atoms with Gasteiger partial charge in [-0.25, -0.2) is 0 Å². The third kappa shape index (κ3) is 3.02. The Morgan fingerprint density at radius 2 is 2.00 bits per heavy atom. The fourth-order valence-electron chi connectivity index (χ4n) is 3.22. The third-order valence-corrected chi connectivity index (χ3v) is 4.52. The van der Waals surface area contributed by atoms with Gasteiger partial charge in [0.15, 0.2) is 11.5 Å². The first-order valence-corrected chi connectivity index (χ1v) is 8.28. The Kier molecular flexibility index (Phi) is 3.99. The first kappa shape index (κ1) is 14.9. The van der Waals surface area contributed by atoms with Gasteiger partial charge in [0.25, 0.3) is 0 Å². The van der Waals surface area contributed by atoms with Crippen molar-refractivity contribution in [1.82, 2.24) is 5.32 Å². The topological polar surface area (TPSA) is 50.8 Å². The Morgan fingerprint density at radius 1 is 1.12 bits per heavy atom. The van der Waals surface area contributed by atoms with Gasteiger partial charge in [-0.2, -0.15) is 0 Å². The summed E-state index contributed by atoms with van der Waals surface area (Å²) in [5.74, 6) is 1.57. The second-order valence-electron chi connectivity index (χ2n) is 6.08. The number of para-hydroxylation sites is 1. The van der Waals surface area contributed by atoms with Crippen molar-refractivity contribution in [3.63, 3.8) is 0 Å². The molecule has 2 aliphatic rings. The molecule has 2 aromatic rings. The SMILES string of the molecule is O=C(CCN1CCc2ccccc21)NCc1ccc2c(c1)OCO2. The Balaban J connectivity index is 1.27. The monoisotopic (exact) mass is 324 g/mol. The lowest BCUT2D eigenvalue weighted by Gasteiger charge is -2.19. The molecule has 0 atom stereocenters. The standard InChI is InChI=1S/C19H20N2O3/c22-19(8-10-21-9-7-15-3-1-2-4-16(15)21)20-12-14-5-6-17-18(11-14)24-13-23-17/h1-6,11H,7-10,12-13H2,(H,20,22). The third-order valence-electron chi connectivity index (χ3n) is 4.52. The fourth-order valence-corrected chi connectivity index (χ4v) is 3.22. The average Bonchev–Trinajstić information content (AvgIpc) is 3.24. The first-order chi connectivity index (χ1) is 11.8. The molecule has 0 saturated carbocycles. The molecule has 0 fully saturated rings. The number of anilines is 1. The molecule has 124 valence electrons. The maximum atomic E-state index is 12.1. The zero-order valence-corrected chi connectivity index (χ0v) is 13.5. The summed E-state index contributed by atoms with van der Waals surface area (Å²) in [6.07, 6.45) is 1.56. The van der Waals surface area contributed by atoms with Gasteiger partial charge in [0.05, 0.1) is 0 Å². The van der Waals surface area contributed by atoms with Crippen LogP contribution in [0.1, 0.15) is 17.5 Å². The highest BCUT2D eigenvalue weighted by Gasteiger charge is 2.18. The van der Waals surface area contributed by atoms with Gasteiger partial charge in [-0.05, 0) is 35.7 Å². The number of hydrogen-bond donors (Lipinski definition) is 1. The Bertz CT molecular complexity index is 760. The predicted molar refractivity (Wildman–Crippen MR) is 91.4 cm³/mol. The number of hydrogen-bond acceptors (Lipinski definition) is 4. The second kappa shape index (κ2) is 6.43. The number of carbonyl (C=O) groups is 1. The van der Waals surface area contributed by atoms with Crippen LogP contribution in [0, 0.1) is 0 Å². The molecule has 1 N–H and O–H groups in total. The molecule has 5 heteroatoms. The van der Waals surface area contributed by atoms with Gasteiger partial charge in [0.2, 0.25) is 12.7 Å². The number of ether oxygens (including phenoxy) is 2. The lowest BCUT2D eigenvalue weighted by molar-refractivity contribution is -0.121. The van der Waals surface area contributed by atoms with Gasteiger partial charge in [-0.1, -0.05) is 24.3 Å². The number of nitrogens with one attached hydrogen (secondary N) is 1. The number of rotatable bonds is 5. The Labute approximate surface area is 141 Å². The molecular formula is C19H20N2O3. The molecular weight excluding hydrogens is 304 g/mol. The van der Waals surface area contributed by atoms with E-state index < -0.39 is 0 Å². The average molecular weight is 324 g/mol. The molecule has 24 heavy (non-hydrogen) atoms. The highest BCUT2D eigenvalue weighted by Crippen LogP contribution is 2.32. The van der Waals surface area contributed by atoms with Crippen LogP contribution in [0.3, 0.4) is 0 Å². The number of fused-ring (bicyclic) bond motifs is 2. The summed E-state index contributed by atoms with van der Waals surface area (Å²) in [6.45, 7) is 2.52. The van der Waals surface area contributed by atoms with E-state index in [0.717, 1.165) is 36.6 Å². The van der Waals surface area contributed by atoms with Crippen LogP contribution < -0.4 is 19.7 Å². The minimum Gasteiger partial charge on any atom is -0.454 e. The van der Waals surface area contributed by atoms with E-state index in [2.05, 4.69) is 34.5 Å². The van der Waals surface area contributed by atoms with E-state index in [1.807, 2.05) is 18.2 Å². The Hall–Kier alpha value is -2.69. The maximum Gasteiger partial charge on any atom is 0.231 e. The van der Waals surface area contributed by atoms with Crippen LogP contribution in [0.2, 0.25) is 0 Å². The van der Waals surface area contributed by atoms with Gasteiger partial charge >= 0.3 is 0 Å². The zero-order chi connectivity index (χ0) is 16.4. The van der Waals surface area contributed by atoms with Crippen LogP contribution in [0.15, 0.2) is 42.5 Å². The fraction of sp³-hybridized carbons (Fsp3) is 0.316. The largest absolute Gasteiger partial charge is 0.454 e. The van der Waals surface area contributed by atoms with Crippen molar-refractivity contribution < 1.29 is 14.3 Å². The van der Waals surface area contributed by atoms with Crippen molar-refractivity contribution in [2.24, 2.45) is 0 Å². The summed E-state index contributed by atoms with van der Waals surface area (Å²) in [6, 6.07) is 14.2. The number of nitrogens with zero attached hydrogens (tertiary/aromatic N) is 1. The minimum atomic E-state index is 0.0667. The van der Waals surface area contributed by atoms with E-state index in [0.29, 0.717) is 13.0 Å². The Morgan fingerprint density at radius 3 is 2.96 bits per heavy atom. The van der Waals surface area contributed by atoms with Crippen molar-refractivity contribution in [3.8, 4) is 11.5 Å². The molecule has 2 aromatic carbocycles. The van der Waals surface area contributed by atoms with Crippen molar-refractivity contribution in [2.45, 2.75) is 19.4 Å². The minimum absolute atomic E-state index is 0.0667. The van der Waals surface area contributed by atoms with Crippen LogP contribution in [-0.2, 0) is 17.8 Å². The molecule has 0 radical (unpaired) electrons. The van der Waals surface area contributed by atoms with Gasteiger partial charge in [-0.15, -0.1) is 0 Å². The first-order valence-electron chi connectivity index (χ1n) is 8.28. The van der Waals surface area contributed by atoms with Gasteiger partial charge in [0.1, 0.15) is 0 Å². The van der Waals surface area contributed by atoms with Crippen molar-refractivity contribution >= 4 is 11.6 Å². The highest BCUT2D eigenvalue weighted by atomic mass is 16.7. The number of carbonyl (C=O) groups excluding carboxylic acids is 1. The molecule has 0 aliphatic carbocycles. The van der Waals surface area contributed by atoms with E-state index in [1.165, 1.54) is 11.3 Å². The summed E-state index contributed by atoms with van der Waals surface area (Å²) in [5.41, 5.74) is 3.65. The lowest BCUT2D eigenvalue weighted by atomic mass is 10.2. The summed E-state index contributed by atoms with van der Waals surface area (Å²) >= 11 is 0. The van der Waals surface area contributed by atoms with Crippen LogP contribution in [0.5, 0.6) is 11.5 Å². The quantitative estimate of drug-likeness (QED) is 0.918. The van der Waals surface area contributed by atoms with E-state index in [9.17, 15) is 4.79 Å². The summed E-state index contributed by atoms with van der Waals surface area (Å²) in [7, 11) is 0. The highest BCUT2D eigenvalue weighted by molar-refractivity contribution is 5.76. The second-order valence-corrected chi connectivity index (χ2v) is 6.08. The van der Waals surface area contributed by atoms with Gasteiger partial charge < -0.3 is 19.7 Å². The molecule has 2 heterocycles. The van der Waals surface area contributed by atoms with Crippen molar-refractivity contribution in [1.29, 1.82) is 0 Å². The molecule has 1 amide bonds. The van der Waals surface area contributed by atoms with Gasteiger partial charge in [-0.3, -0.25) is 4.79 Å².